The van der Waals surface area contributed by atoms with Crippen molar-refractivity contribution in [1.82, 2.24) is 14.9 Å². The van der Waals surface area contributed by atoms with Crippen molar-refractivity contribution in [1.29, 1.82) is 0 Å². The molecule has 0 N–H and O–H groups in total. The molecule has 0 radical (unpaired) electrons. The Balaban J connectivity index is 1.54. The third-order valence-electron chi connectivity index (χ3n) is 4.54. The van der Waals surface area contributed by atoms with Crippen LogP contribution in [0, 0.1) is 13.8 Å². The first-order valence-corrected chi connectivity index (χ1v) is 8.74. The Morgan fingerprint density at radius 2 is 1.88 bits per heavy atom. The van der Waals surface area contributed by atoms with Gasteiger partial charge in [0.05, 0.1) is 7.11 Å². The molecule has 2 heterocycles. The highest BCUT2D eigenvalue weighted by Crippen LogP contribution is 2.20. The van der Waals surface area contributed by atoms with Crippen LogP contribution >= 0.6 is 0 Å². The molecular formula is C20H26N4O. The average Bonchev–Trinajstić information content (AvgIpc) is 2.65. The van der Waals surface area contributed by atoms with E-state index >= 15 is 0 Å². The lowest BCUT2D eigenvalue weighted by atomic mass is 10.2. The number of ether oxygens (including phenoxy) is 1. The Hall–Kier alpha value is -2.40. The lowest BCUT2D eigenvalue weighted by Gasteiger charge is -2.35. The van der Waals surface area contributed by atoms with Gasteiger partial charge in [-0.05, 0) is 19.9 Å². The molecule has 0 spiro atoms. The molecule has 0 saturated carbocycles. The van der Waals surface area contributed by atoms with E-state index in [2.05, 4.69) is 44.9 Å². The molecule has 0 unspecified atom stereocenters. The van der Waals surface area contributed by atoms with Gasteiger partial charge in [0, 0.05) is 50.0 Å². The second kappa shape index (κ2) is 8.12. The maximum absolute atomic E-state index is 5.39. The van der Waals surface area contributed by atoms with Crippen LogP contribution in [-0.2, 0) is 0 Å². The third kappa shape index (κ3) is 4.37. The molecule has 5 heteroatoms. The fourth-order valence-electron chi connectivity index (χ4n) is 3.11. The smallest absolute Gasteiger partial charge is 0.135 e. The van der Waals surface area contributed by atoms with Gasteiger partial charge in [-0.2, -0.15) is 0 Å². The van der Waals surface area contributed by atoms with Crippen molar-refractivity contribution >= 4 is 11.9 Å². The van der Waals surface area contributed by atoms with Crippen LogP contribution in [0.2, 0.25) is 0 Å². The minimum absolute atomic E-state index is 0.836. The summed E-state index contributed by atoms with van der Waals surface area (Å²) in [6.45, 7) is 9.06. The maximum Gasteiger partial charge on any atom is 0.135 e. The van der Waals surface area contributed by atoms with Gasteiger partial charge >= 0.3 is 0 Å². The molecule has 1 aliphatic rings. The summed E-state index contributed by atoms with van der Waals surface area (Å²) in [6.07, 6.45) is 6.27. The van der Waals surface area contributed by atoms with Crippen LogP contribution in [0.15, 0.2) is 36.5 Å². The van der Waals surface area contributed by atoms with Gasteiger partial charge in [0.2, 0.25) is 0 Å². The average molecular weight is 338 g/mol. The second-order valence-corrected chi connectivity index (χ2v) is 6.36. The van der Waals surface area contributed by atoms with E-state index in [0.717, 1.165) is 61.2 Å². The first-order chi connectivity index (χ1) is 12.2. The van der Waals surface area contributed by atoms with Crippen LogP contribution in [0.25, 0.3) is 6.08 Å². The highest BCUT2D eigenvalue weighted by atomic mass is 16.5. The van der Waals surface area contributed by atoms with E-state index in [9.17, 15) is 0 Å². The highest BCUT2D eigenvalue weighted by molar-refractivity contribution is 5.57. The van der Waals surface area contributed by atoms with Crippen molar-refractivity contribution < 1.29 is 4.74 Å². The van der Waals surface area contributed by atoms with Gasteiger partial charge in [0.25, 0.3) is 0 Å². The van der Waals surface area contributed by atoms with Gasteiger partial charge in [-0.15, -0.1) is 0 Å². The Labute approximate surface area is 150 Å². The Morgan fingerprint density at radius 1 is 1.12 bits per heavy atom. The summed E-state index contributed by atoms with van der Waals surface area (Å²) in [4.78, 5) is 13.7. The van der Waals surface area contributed by atoms with E-state index in [1.54, 1.807) is 7.11 Å². The number of anilines is 1. The maximum atomic E-state index is 5.39. The largest absolute Gasteiger partial charge is 0.496 e. The molecule has 1 aromatic carbocycles. The zero-order valence-corrected chi connectivity index (χ0v) is 15.3. The highest BCUT2D eigenvalue weighted by Gasteiger charge is 2.18. The van der Waals surface area contributed by atoms with Gasteiger partial charge in [-0.1, -0.05) is 30.4 Å². The predicted octanol–water partition coefficient (Wildman–Crippen LogP) is 2.94. The molecule has 3 rings (SSSR count). The van der Waals surface area contributed by atoms with E-state index in [0.29, 0.717) is 0 Å². The van der Waals surface area contributed by atoms with Crippen LogP contribution in [0.3, 0.4) is 0 Å². The van der Waals surface area contributed by atoms with Crippen molar-refractivity contribution in [3.05, 3.63) is 53.5 Å². The number of aromatic nitrogens is 2. The summed E-state index contributed by atoms with van der Waals surface area (Å²) in [5.74, 6) is 2.83. The molecule has 1 saturated heterocycles. The molecule has 1 fully saturated rings. The van der Waals surface area contributed by atoms with Crippen LogP contribution in [0.5, 0.6) is 5.75 Å². The summed E-state index contributed by atoms with van der Waals surface area (Å²) >= 11 is 0. The van der Waals surface area contributed by atoms with Crippen LogP contribution in [0.1, 0.15) is 17.0 Å². The lowest BCUT2D eigenvalue weighted by molar-refractivity contribution is 0.283. The van der Waals surface area contributed by atoms with E-state index < -0.39 is 0 Å². The molecule has 2 aromatic rings. The third-order valence-corrected chi connectivity index (χ3v) is 4.54. The molecule has 1 aromatic heterocycles. The molecule has 0 amide bonds. The normalized spacial score (nSPS) is 15.7. The molecule has 25 heavy (non-hydrogen) atoms. The Morgan fingerprint density at radius 3 is 2.64 bits per heavy atom. The number of benzene rings is 1. The minimum Gasteiger partial charge on any atom is -0.496 e. The standard InChI is InChI=1S/C20H26N4O/c1-16-15-21-17(2)22-20(16)24-13-11-23(12-14-24)10-6-8-18-7-4-5-9-19(18)25-3/h4-9,15H,10-14H2,1-3H3. The number of piperazine rings is 1. The van der Waals surface area contributed by atoms with Crippen molar-refractivity contribution in [2.45, 2.75) is 13.8 Å². The zero-order valence-electron chi connectivity index (χ0n) is 15.3. The summed E-state index contributed by atoms with van der Waals surface area (Å²) < 4.78 is 5.39. The number of hydrogen-bond acceptors (Lipinski definition) is 5. The summed E-state index contributed by atoms with van der Waals surface area (Å²) in [5.41, 5.74) is 2.27. The van der Waals surface area contributed by atoms with E-state index in [1.165, 1.54) is 0 Å². The van der Waals surface area contributed by atoms with Crippen molar-refractivity contribution in [2.75, 3.05) is 44.7 Å². The van der Waals surface area contributed by atoms with Gasteiger partial charge < -0.3 is 9.64 Å². The van der Waals surface area contributed by atoms with Gasteiger partial charge in [0.15, 0.2) is 0 Å². The number of nitrogens with zero attached hydrogens (tertiary/aromatic N) is 4. The summed E-state index contributed by atoms with van der Waals surface area (Å²) in [5, 5.41) is 0. The number of para-hydroxylation sites is 1. The second-order valence-electron chi connectivity index (χ2n) is 6.36. The van der Waals surface area contributed by atoms with Crippen molar-refractivity contribution in [3.8, 4) is 5.75 Å². The van der Waals surface area contributed by atoms with E-state index in [-0.39, 0.29) is 0 Å². The minimum atomic E-state index is 0.836. The monoisotopic (exact) mass is 338 g/mol. The molecule has 0 bridgehead atoms. The molecule has 0 aliphatic carbocycles. The zero-order chi connectivity index (χ0) is 17.6. The summed E-state index contributed by atoms with van der Waals surface area (Å²) in [7, 11) is 1.71. The van der Waals surface area contributed by atoms with Crippen LogP contribution in [0.4, 0.5) is 5.82 Å². The Kier molecular flexibility index (Phi) is 5.66. The van der Waals surface area contributed by atoms with Gasteiger partial charge in [-0.25, -0.2) is 9.97 Å². The molecular weight excluding hydrogens is 312 g/mol. The van der Waals surface area contributed by atoms with Gasteiger partial charge in [-0.3, -0.25) is 4.90 Å². The first-order valence-electron chi connectivity index (χ1n) is 8.74. The molecule has 132 valence electrons. The lowest BCUT2D eigenvalue weighted by Crippen LogP contribution is -2.46. The molecule has 0 atom stereocenters. The predicted molar refractivity (Wildman–Crippen MR) is 102 cm³/mol. The fourth-order valence-corrected chi connectivity index (χ4v) is 3.11. The van der Waals surface area contributed by atoms with Crippen molar-refractivity contribution in [2.24, 2.45) is 0 Å². The fraction of sp³-hybridized carbons (Fsp3) is 0.400. The van der Waals surface area contributed by atoms with Crippen LogP contribution < -0.4 is 9.64 Å². The number of methoxy groups -OCH3 is 1. The van der Waals surface area contributed by atoms with Crippen molar-refractivity contribution in [3.63, 3.8) is 0 Å². The molecule has 5 nitrogen and oxygen atoms in total. The van der Waals surface area contributed by atoms with Gasteiger partial charge in [0.1, 0.15) is 17.4 Å². The topological polar surface area (TPSA) is 41.5 Å². The van der Waals surface area contributed by atoms with E-state index in [4.69, 9.17) is 4.74 Å². The number of hydrogen-bond donors (Lipinski definition) is 0. The van der Waals surface area contributed by atoms with Crippen LogP contribution in [-0.4, -0.2) is 54.7 Å². The molecule has 1 aliphatic heterocycles. The Bertz CT molecular complexity index is 736. The van der Waals surface area contributed by atoms with E-state index in [1.807, 2.05) is 31.3 Å². The summed E-state index contributed by atoms with van der Waals surface area (Å²) in [6, 6.07) is 8.09. The first kappa shape index (κ1) is 17.4. The quantitative estimate of drug-likeness (QED) is 0.838. The number of rotatable bonds is 5. The number of aryl methyl sites for hydroxylation is 2. The SMILES string of the molecule is COc1ccccc1C=CCN1CCN(c2nc(C)ncc2C)CC1.